The van der Waals surface area contributed by atoms with Gasteiger partial charge in [0, 0.05) is 44.7 Å². The standard InChI is InChI=1S/C18H33F3N4O3S/c1-6-22-15(24-14-11-17(4,28-5)16(14,2)3)23-12-13-7-9-25(10-8-13)29(26,27)18(19,20)21/h13-14H,6-12H2,1-5H3,(H2,22,23,24). The summed E-state index contributed by atoms with van der Waals surface area (Å²) < 4.78 is 67.2. The first-order chi connectivity index (χ1) is 13.3. The van der Waals surface area contributed by atoms with Crippen molar-refractivity contribution >= 4 is 16.0 Å². The van der Waals surface area contributed by atoms with E-state index in [4.69, 9.17) is 4.74 Å². The highest BCUT2D eigenvalue weighted by Gasteiger charge is 2.58. The Balaban J connectivity index is 1.92. The molecule has 7 nitrogen and oxygen atoms in total. The Hall–Kier alpha value is -1.07. The van der Waals surface area contributed by atoms with Gasteiger partial charge in [-0.05, 0) is 39.0 Å². The zero-order valence-corrected chi connectivity index (χ0v) is 18.6. The van der Waals surface area contributed by atoms with Crippen molar-refractivity contribution in [2.24, 2.45) is 16.3 Å². The summed E-state index contributed by atoms with van der Waals surface area (Å²) in [5.74, 6) is 0.706. The molecule has 0 amide bonds. The van der Waals surface area contributed by atoms with Gasteiger partial charge in [-0.25, -0.2) is 8.42 Å². The third kappa shape index (κ3) is 4.82. The lowest BCUT2D eigenvalue weighted by molar-refractivity contribution is -0.176. The first kappa shape index (κ1) is 24.2. The molecule has 1 aliphatic carbocycles. The minimum Gasteiger partial charge on any atom is -0.378 e. The molecular formula is C18H33F3N4O3S. The highest BCUT2D eigenvalue weighted by molar-refractivity contribution is 7.90. The van der Waals surface area contributed by atoms with Crippen molar-refractivity contribution in [3.05, 3.63) is 0 Å². The van der Waals surface area contributed by atoms with Crippen LogP contribution < -0.4 is 10.6 Å². The van der Waals surface area contributed by atoms with Crippen LogP contribution in [0.3, 0.4) is 0 Å². The van der Waals surface area contributed by atoms with Crippen molar-refractivity contribution in [1.82, 2.24) is 14.9 Å². The minimum atomic E-state index is -5.24. The van der Waals surface area contributed by atoms with E-state index in [1.54, 1.807) is 7.11 Å². The van der Waals surface area contributed by atoms with E-state index in [2.05, 4.69) is 36.4 Å². The van der Waals surface area contributed by atoms with E-state index >= 15 is 0 Å². The molecule has 1 saturated heterocycles. The molecule has 1 saturated carbocycles. The molecule has 2 unspecified atom stereocenters. The van der Waals surface area contributed by atoms with Crippen molar-refractivity contribution < 1.29 is 26.3 Å². The molecule has 0 aromatic heterocycles. The molecule has 11 heteroatoms. The van der Waals surface area contributed by atoms with Gasteiger partial charge in [-0.2, -0.15) is 17.5 Å². The second-order valence-electron chi connectivity index (χ2n) is 8.57. The number of alkyl halides is 3. The zero-order chi connectivity index (χ0) is 22.1. The molecule has 29 heavy (non-hydrogen) atoms. The first-order valence-electron chi connectivity index (χ1n) is 9.95. The smallest absolute Gasteiger partial charge is 0.378 e. The third-order valence-corrected chi connectivity index (χ3v) is 8.28. The quantitative estimate of drug-likeness (QED) is 0.487. The Bertz CT molecular complexity index is 704. The molecular weight excluding hydrogens is 409 g/mol. The number of nitrogens with zero attached hydrogens (tertiary/aromatic N) is 2. The summed E-state index contributed by atoms with van der Waals surface area (Å²) in [7, 11) is -3.53. The van der Waals surface area contributed by atoms with E-state index in [9.17, 15) is 21.6 Å². The lowest BCUT2D eigenvalue weighted by atomic mass is 9.56. The average Bonchev–Trinajstić information content (AvgIpc) is 2.64. The van der Waals surface area contributed by atoms with Crippen molar-refractivity contribution in [3.63, 3.8) is 0 Å². The number of sulfonamides is 1. The molecule has 2 N–H and O–H groups in total. The summed E-state index contributed by atoms with van der Waals surface area (Å²) in [6.07, 6.45) is 1.55. The highest BCUT2D eigenvalue weighted by Crippen LogP contribution is 2.51. The topological polar surface area (TPSA) is 83.0 Å². The Morgan fingerprint density at radius 1 is 1.24 bits per heavy atom. The van der Waals surface area contributed by atoms with Gasteiger partial charge in [-0.3, -0.25) is 4.99 Å². The average molecular weight is 443 g/mol. The number of ether oxygens (including phenoxy) is 1. The number of rotatable bonds is 6. The van der Waals surface area contributed by atoms with Crippen LogP contribution in [-0.2, 0) is 14.8 Å². The monoisotopic (exact) mass is 442 g/mol. The SMILES string of the molecule is CCNC(=NCC1CCN(S(=O)(=O)C(F)(F)F)CC1)NC1CC(C)(OC)C1(C)C. The van der Waals surface area contributed by atoms with Gasteiger partial charge >= 0.3 is 15.5 Å². The fourth-order valence-electron chi connectivity index (χ4n) is 3.91. The molecule has 2 aliphatic rings. The fourth-order valence-corrected chi connectivity index (χ4v) is 4.89. The van der Waals surface area contributed by atoms with Crippen LogP contribution in [0.1, 0.15) is 47.0 Å². The number of piperidine rings is 1. The zero-order valence-electron chi connectivity index (χ0n) is 17.8. The normalized spacial score (nSPS) is 29.4. The summed E-state index contributed by atoms with van der Waals surface area (Å²) in [5.41, 5.74) is -5.54. The van der Waals surface area contributed by atoms with Crippen LogP contribution in [0.25, 0.3) is 0 Å². The Morgan fingerprint density at radius 3 is 2.28 bits per heavy atom. The van der Waals surface area contributed by atoms with Crippen LogP contribution in [0, 0.1) is 11.3 Å². The number of hydrogen-bond acceptors (Lipinski definition) is 4. The summed E-state index contributed by atoms with van der Waals surface area (Å²) in [6, 6.07) is 0.184. The highest BCUT2D eigenvalue weighted by atomic mass is 32.2. The van der Waals surface area contributed by atoms with E-state index in [1.165, 1.54) is 0 Å². The molecule has 1 aliphatic heterocycles. The summed E-state index contributed by atoms with van der Waals surface area (Å²) in [4.78, 5) is 4.60. The molecule has 170 valence electrons. The predicted molar refractivity (Wildman–Crippen MR) is 106 cm³/mol. The van der Waals surface area contributed by atoms with E-state index < -0.39 is 15.5 Å². The van der Waals surface area contributed by atoms with E-state index in [0.29, 0.717) is 36.2 Å². The van der Waals surface area contributed by atoms with Crippen LogP contribution >= 0.6 is 0 Å². The summed E-state index contributed by atoms with van der Waals surface area (Å²) in [6.45, 7) is 9.17. The fraction of sp³-hybridized carbons (Fsp3) is 0.944. The lowest BCUT2D eigenvalue weighted by Gasteiger charge is -2.59. The van der Waals surface area contributed by atoms with Crippen molar-refractivity contribution in [3.8, 4) is 0 Å². The van der Waals surface area contributed by atoms with Gasteiger partial charge in [0.1, 0.15) is 0 Å². The van der Waals surface area contributed by atoms with Crippen molar-refractivity contribution in [2.45, 2.75) is 64.1 Å². The number of guanidine groups is 1. The molecule has 0 radical (unpaired) electrons. The van der Waals surface area contributed by atoms with Crippen LogP contribution in [0.2, 0.25) is 0 Å². The van der Waals surface area contributed by atoms with Gasteiger partial charge in [0.05, 0.1) is 5.60 Å². The van der Waals surface area contributed by atoms with Crippen LogP contribution in [0.4, 0.5) is 13.2 Å². The Morgan fingerprint density at radius 2 is 1.83 bits per heavy atom. The van der Waals surface area contributed by atoms with Gasteiger partial charge in [0.2, 0.25) is 0 Å². The number of methoxy groups -OCH3 is 1. The van der Waals surface area contributed by atoms with E-state index in [0.717, 1.165) is 6.42 Å². The maximum atomic E-state index is 12.7. The Kier molecular flexibility index (Phi) is 7.16. The van der Waals surface area contributed by atoms with Crippen molar-refractivity contribution in [2.75, 3.05) is 33.3 Å². The van der Waals surface area contributed by atoms with E-state index in [1.807, 2.05) is 6.92 Å². The van der Waals surface area contributed by atoms with Gasteiger partial charge in [0.15, 0.2) is 5.96 Å². The summed E-state index contributed by atoms with van der Waals surface area (Å²) in [5, 5.41) is 6.63. The Labute approximate surface area is 171 Å². The van der Waals surface area contributed by atoms with Gasteiger partial charge < -0.3 is 15.4 Å². The second kappa shape index (κ2) is 8.58. The number of nitrogens with one attached hydrogen (secondary N) is 2. The number of halogens is 3. The van der Waals surface area contributed by atoms with Crippen LogP contribution in [0.5, 0.6) is 0 Å². The predicted octanol–water partition coefficient (Wildman–Crippen LogP) is 2.31. The van der Waals surface area contributed by atoms with Gasteiger partial charge in [0.25, 0.3) is 0 Å². The molecule has 0 aromatic carbocycles. The molecule has 2 atom stereocenters. The third-order valence-electron chi connectivity index (χ3n) is 6.65. The van der Waals surface area contributed by atoms with Crippen molar-refractivity contribution in [1.29, 1.82) is 0 Å². The summed E-state index contributed by atoms with van der Waals surface area (Å²) >= 11 is 0. The first-order valence-corrected chi connectivity index (χ1v) is 11.4. The number of aliphatic imine (C=N–C) groups is 1. The molecule has 0 bridgehead atoms. The molecule has 0 spiro atoms. The molecule has 2 rings (SSSR count). The maximum absolute atomic E-state index is 12.7. The number of hydrogen-bond donors (Lipinski definition) is 2. The van der Waals surface area contributed by atoms with Crippen LogP contribution in [0.15, 0.2) is 4.99 Å². The minimum absolute atomic E-state index is 0.0452. The molecule has 1 heterocycles. The maximum Gasteiger partial charge on any atom is 0.511 e. The van der Waals surface area contributed by atoms with Gasteiger partial charge in [-0.15, -0.1) is 0 Å². The molecule has 0 aromatic rings. The van der Waals surface area contributed by atoms with Crippen LogP contribution in [-0.4, -0.2) is 69.1 Å². The second-order valence-corrected chi connectivity index (χ2v) is 10.5. The molecule has 2 fully saturated rings. The van der Waals surface area contributed by atoms with E-state index in [-0.39, 0.29) is 36.1 Å². The van der Waals surface area contributed by atoms with Gasteiger partial charge in [-0.1, -0.05) is 13.8 Å². The lowest BCUT2D eigenvalue weighted by Crippen LogP contribution is -2.69. The largest absolute Gasteiger partial charge is 0.511 e.